The lowest BCUT2D eigenvalue weighted by Gasteiger charge is -2.42. The number of benzene rings is 1. The van der Waals surface area contributed by atoms with Crippen LogP contribution in [0.15, 0.2) is 47.7 Å². The van der Waals surface area contributed by atoms with E-state index in [0.29, 0.717) is 11.1 Å². The van der Waals surface area contributed by atoms with Crippen molar-refractivity contribution in [2.75, 3.05) is 13.1 Å². The highest BCUT2D eigenvalue weighted by Crippen LogP contribution is 2.31. The minimum atomic E-state index is -4.81. The van der Waals surface area contributed by atoms with Crippen molar-refractivity contribution in [2.24, 2.45) is 0 Å². The van der Waals surface area contributed by atoms with Gasteiger partial charge in [-0.25, -0.2) is 9.37 Å². The molecule has 0 saturated carbocycles. The summed E-state index contributed by atoms with van der Waals surface area (Å²) in [6.45, 7) is 2.64. The Bertz CT molecular complexity index is 1230. The largest absolute Gasteiger partial charge is 0.573 e. The maximum absolute atomic E-state index is 13.9. The van der Waals surface area contributed by atoms with Crippen LogP contribution in [0.5, 0.6) is 5.75 Å². The number of pyridine rings is 1. The van der Waals surface area contributed by atoms with Crippen LogP contribution in [-0.4, -0.2) is 50.5 Å². The van der Waals surface area contributed by atoms with Crippen molar-refractivity contribution in [1.82, 2.24) is 19.4 Å². The summed E-state index contributed by atoms with van der Waals surface area (Å²) in [7, 11) is 0. The smallest absolute Gasteiger partial charge is 0.406 e. The monoisotopic (exact) mass is 450 g/mol. The molecular weight excluding hydrogens is 432 g/mol. The molecule has 11 heteroatoms. The van der Waals surface area contributed by atoms with Gasteiger partial charge in [-0.15, -0.1) is 13.2 Å². The number of carbonyl (C=O) groups is 1. The summed E-state index contributed by atoms with van der Waals surface area (Å²) in [5.41, 5.74) is -1.11. The number of alkyl halides is 4. The molecule has 0 radical (unpaired) electrons. The summed E-state index contributed by atoms with van der Waals surface area (Å²) in [5.74, 6) is -1.05. The van der Waals surface area contributed by atoms with Gasteiger partial charge in [0.15, 0.2) is 11.2 Å². The van der Waals surface area contributed by atoms with E-state index in [1.165, 1.54) is 54.0 Å². The molecule has 7 nitrogen and oxygen atoms in total. The number of hydrogen-bond acceptors (Lipinski definition) is 5. The molecule has 4 rings (SSSR count). The number of fused-ring (bicyclic) bond motifs is 1. The SMILES string of the molecule is CC(C)(F)C(=O)N1CC(n2cc(-c3ccc(OC(F)(F)F)cc3)c3nccnc3c2=O)C1. The van der Waals surface area contributed by atoms with Gasteiger partial charge in [0.25, 0.3) is 11.5 Å². The van der Waals surface area contributed by atoms with E-state index in [-0.39, 0.29) is 29.9 Å². The minimum absolute atomic E-state index is 0.0798. The highest BCUT2D eigenvalue weighted by Gasteiger charge is 2.40. The van der Waals surface area contributed by atoms with Crippen LogP contribution in [0, 0.1) is 0 Å². The van der Waals surface area contributed by atoms with Crippen LogP contribution in [0.3, 0.4) is 0 Å². The molecule has 1 aliphatic rings. The Kier molecular flexibility index (Phi) is 5.14. The van der Waals surface area contributed by atoms with Gasteiger partial charge in [0.2, 0.25) is 0 Å². The van der Waals surface area contributed by atoms with Crippen molar-refractivity contribution in [3.05, 3.63) is 53.2 Å². The first-order chi connectivity index (χ1) is 14.9. The van der Waals surface area contributed by atoms with Crippen molar-refractivity contribution in [3.63, 3.8) is 0 Å². The first-order valence-electron chi connectivity index (χ1n) is 9.64. The number of amides is 1. The Balaban J connectivity index is 1.71. The minimum Gasteiger partial charge on any atom is -0.406 e. The molecule has 0 spiro atoms. The lowest BCUT2D eigenvalue weighted by Crippen LogP contribution is -2.56. The van der Waals surface area contributed by atoms with Crippen molar-refractivity contribution >= 4 is 16.9 Å². The number of nitrogens with zero attached hydrogens (tertiary/aromatic N) is 4. The van der Waals surface area contributed by atoms with Crippen molar-refractivity contribution in [3.8, 4) is 16.9 Å². The normalized spacial score (nSPS) is 15.0. The second kappa shape index (κ2) is 7.57. The summed E-state index contributed by atoms with van der Waals surface area (Å²) in [6, 6.07) is 4.76. The third-order valence-corrected chi connectivity index (χ3v) is 5.11. The summed E-state index contributed by atoms with van der Waals surface area (Å²) < 4.78 is 56.5. The van der Waals surface area contributed by atoms with Crippen molar-refractivity contribution < 1.29 is 27.1 Å². The standard InChI is InChI=1S/C21H18F4N4O3/c1-20(2,22)19(31)28-9-13(10-28)29-11-15(16-17(18(29)30)27-8-7-26-16)12-3-5-14(6-4-12)32-21(23,24)25/h3-8,11,13H,9-10H2,1-2H3. The van der Waals surface area contributed by atoms with Crippen LogP contribution in [0.2, 0.25) is 0 Å². The van der Waals surface area contributed by atoms with Crippen LogP contribution in [0.1, 0.15) is 19.9 Å². The van der Waals surface area contributed by atoms with Crippen LogP contribution < -0.4 is 10.3 Å². The molecule has 2 aromatic heterocycles. The van der Waals surface area contributed by atoms with Gasteiger partial charge in [-0.2, -0.15) is 0 Å². The van der Waals surface area contributed by atoms with E-state index in [1.807, 2.05) is 0 Å². The second-order valence-corrected chi connectivity index (χ2v) is 7.92. The molecule has 3 aromatic rings. The van der Waals surface area contributed by atoms with E-state index < -0.39 is 29.5 Å². The van der Waals surface area contributed by atoms with Gasteiger partial charge in [-0.3, -0.25) is 14.6 Å². The fourth-order valence-electron chi connectivity index (χ4n) is 3.56. The molecule has 3 heterocycles. The highest BCUT2D eigenvalue weighted by atomic mass is 19.4. The predicted octanol–water partition coefficient (Wildman–Crippen LogP) is 3.49. The zero-order valence-corrected chi connectivity index (χ0v) is 17.1. The number of hydrogen-bond donors (Lipinski definition) is 0. The van der Waals surface area contributed by atoms with Crippen molar-refractivity contribution in [1.29, 1.82) is 0 Å². The van der Waals surface area contributed by atoms with Crippen LogP contribution >= 0.6 is 0 Å². The molecule has 1 fully saturated rings. The molecule has 0 bridgehead atoms. The molecule has 1 aromatic carbocycles. The zero-order valence-electron chi connectivity index (χ0n) is 17.1. The summed E-state index contributed by atoms with van der Waals surface area (Å²) in [5, 5.41) is 0. The molecule has 1 amide bonds. The molecule has 32 heavy (non-hydrogen) atoms. The first-order valence-corrected chi connectivity index (χ1v) is 9.64. The highest BCUT2D eigenvalue weighted by molar-refractivity contribution is 5.90. The first kappa shape index (κ1) is 21.7. The lowest BCUT2D eigenvalue weighted by molar-refractivity contribution is -0.274. The van der Waals surface area contributed by atoms with Gasteiger partial charge in [0.05, 0.1) is 6.04 Å². The molecular formula is C21H18F4N4O3. The van der Waals surface area contributed by atoms with E-state index in [2.05, 4.69) is 14.7 Å². The third kappa shape index (κ3) is 4.14. The maximum atomic E-state index is 13.9. The van der Waals surface area contributed by atoms with Gasteiger partial charge in [-0.1, -0.05) is 12.1 Å². The molecule has 1 saturated heterocycles. The summed E-state index contributed by atoms with van der Waals surface area (Å²) in [6.07, 6.45) is -0.509. The Hall–Kier alpha value is -3.50. The van der Waals surface area contributed by atoms with Gasteiger partial charge in [-0.05, 0) is 31.5 Å². The summed E-state index contributed by atoms with van der Waals surface area (Å²) in [4.78, 5) is 34.7. The Morgan fingerprint density at radius 3 is 2.19 bits per heavy atom. The van der Waals surface area contributed by atoms with Gasteiger partial charge in [0, 0.05) is 37.2 Å². The third-order valence-electron chi connectivity index (χ3n) is 5.11. The zero-order chi connectivity index (χ0) is 23.3. The van der Waals surface area contributed by atoms with E-state index in [1.54, 1.807) is 0 Å². The quantitative estimate of drug-likeness (QED) is 0.569. The number of aromatic nitrogens is 3. The number of carbonyl (C=O) groups excluding carboxylic acids is 1. The van der Waals surface area contributed by atoms with E-state index in [0.717, 1.165) is 12.1 Å². The lowest BCUT2D eigenvalue weighted by atomic mass is 10.0. The van der Waals surface area contributed by atoms with Crippen LogP contribution in [0.25, 0.3) is 22.2 Å². The average Bonchev–Trinajstić information content (AvgIpc) is 2.67. The molecule has 0 N–H and O–H groups in total. The van der Waals surface area contributed by atoms with Gasteiger partial charge >= 0.3 is 6.36 Å². The van der Waals surface area contributed by atoms with E-state index in [9.17, 15) is 27.2 Å². The number of halogens is 4. The molecule has 1 aliphatic heterocycles. The Labute approximate surface area is 179 Å². The topological polar surface area (TPSA) is 77.3 Å². The molecule has 0 aliphatic carbocycles. The average molecular weight is 450 g/mol. The fourth-order valence-corrected chi connectivity index (χ4v) is 3.56. The number of likely N-dealkylation sites (tertiary alicyclic amines) is 1. The second-order valence-electron chi connectivity index (χ2n) is 7.92. The van der Waals surface area contributed by atoms with Crippen LogP contribution in [-0.2, 0) is 4.79 Å². The van der Waals surface area contributed by atoms with E-state index >= 15 is 0 Å². The van der Waals surface area contributed by atoms with Crippen LogP contribution in [0.4, 0.5) is 17.6 Å². The fraction of sp³-hybridized carbons (Fsp3) is 0.333. The summed E-state index contributed by atoms with van der Waals surface area (Å²) >= 11 is 0. The number of rotatable bonds is 4. The Morgan fingerprint density at radius 1 is 1.03 bits per heavy atom. The maximum Gasteiger partial charge on any atom is 0.573 e. The molecule has 0 atom stereocenters. The molecule has 168 valence electrons. The van der Waals surface area contributed by atoms with E-state index in [4.69, 9.17) is 0 Å². The Morgan fingerprint density at radius 2 is 1.62 bits per heavy atom. The van der Waals surface area contributed by atoms with Gasteiger partial charge < -0.3 is 14.2 Å². The molecule has 0 unspecified atom stereocenters. The predicted molar refractivity (Wildman–Crippen MR) is 107 cm³/mol. The van der Waals surface area contributed by atoms with Crippen molar-refractivity contribution in [2.45, 2.75) is 31.9 Å². The number of ether oxygens (including phenoxy) is 1. The van der Waals surface area contributed by atoms with Gasteiger partial charge in [0.1, 0.15) is 11.3 Å².